The van der Waals surface area contributed by atoms with Crippen molar-refractivity contribution in [2.45, 2.75) is 39.0 Å². The van der Waals surface area contributed by atoms with Crippen LogP contribution >= 0.6 is 11.8 Å². The Kier molecular flexibility index (Phi) is 4.88. The summed E-state index contributed by atoms with van der Waals surface area (Å²) in [5.74, 6) is 1.15. The van der Waals surface area contributed by atoms with Gasteiger partial charge in [-0.15, -0.1) is 11.8 Å². The zero-order chi connectivity index (χ0) is 12.2. The maximum absolute atomic E-state index is 5.72. The third-order valence-corrected chi connectivity index (χ3v) is 4.07. The lowest BCUT2D eigenvalue weighted by molar-refractivity contribution is 0.368. The van der Waals surface area contributed by atoms with E-state index in [9.17, 15) is 0 Å². The predicted octanol–water partition coefficient (Wildman–Crippen LogP) is 3.77. The van der Waals surface area contributed by atoms with Crippen LogP contribution in [0.3, 0.4) is 0 Å². The van der Waals surface area contributed by atoms with Gasteiger partial charge < -0.3 is 5.73 Å². The van der Waals surface area contributed by atoms with E-state index in [1.54, 1.807) is 0 Å². The van der Waals surface area contributed by atoms with Gasteiger partial charge in [0, 0.05) is 4.90 Å². The number of hydrogen-bond acceptors (Lipinski definition) is 2. The van der Waals surface area contributed by atoms with Crippen molar-refractivity contribution in [3.05, 3.63) is 29.3 Å². The highest BCUT2D eigenvalue weighted by Crippen LogP contribution is 2.26. The normalized spacial score (nSPS) is 11.8. The number of benzene rings is 1. The fraction of sp³-hybridized carbons (Fsp3) is 0.571. The van der Waals surface area contributed by atoms with E-state index < -0.39 is 0 Å². The average molecular weight is 237 g/mol. The van der Waals surface area contributed by atoms with Gasteiger partial charge in [-0.2, -0.15) is 0 Å². The molecule has 16 heavy (non-hydrogen) atoms. The van der Waals surface area contributed by atoms with E-state index in [4.69, 9.17) is 5.73 Å². The Morgan fingerprint density at radius 1 is 1.19 bits per heavy atom. The number of rotatable bonds is 5. The minimum absolute atomic E-state index is 0.271. The average Bonchev–Trinajstić information content (AvgIpc) is 2.23. The van der Waals surface area contributed by atoms with Crippen LogP contribution in [0.1, 0.15) is 31.4 Å². The molecule has 0 amide bonds. The van der Waals surface area contributed by atoms with Crippen molar-refractivity contribution < 1.29 is 0 Å². The number of thioether (sulfide) groups is 1. The Morgan fingerprint density at radius 2 is 1.88 bits per heavy atom. The second-order valence-electron chi connectivity index (χ2n) is 5.21. The molecule has 0 unspecified atom stereocenters. The van der Waals surface area contributed by atoms with Crippen LogP contribution < -0.4 is 5.73 Å². The molecule has 90 valence electrons. The smallest absolute Gasteiger partial charge is 0.00747 e. The summed E-state index contributed by atoms with van der Waals surface area (Å²) in [4.78, 5) is 1.37. The maximum atomic E-state index is 5.72. The lowest BCUT2D eigenvalue weighted by Gasteiger charge is -2.21. The highest BCUT2D eigenvalue weighted by Gasteiger charge is 2.14. The molecule has 0 aliphatic carbocycles. The van der Waals surface area contributed by atoms with Crippen molar-refractivity contribution in [3.8, 4) is 0 Å². The second kappa shape index (κ2) is 5.74. The van der Waals surface area contributed by atoms with Gasteiger partial charge in [-0.05, 0) is 61.2 Å². The minimum atomic E-state index is 0.271. The van der Waals surface area contributed by atoms with Gasteiger partial charge in [0.05, 0.1) is 0 Å². The summed E-state index contributed by atoms with van der Waals surface area (Å²) in [6.45, 7) is 9.55. The van der Waals surface area contributed by atoms with Crippen LogP contribution in [0.25, 0.3) is 0 Å². The van der Waals surface area contributed by atoms with Crippen LogP contribution in [-0.4, -0.2) is 12.3 Å². The van der Waals surface area contributed by atoms with Crippen LogP contribution in [0.4, 0.5) is 0 Å². The quantitative estimate of drug-likeness (QED) is 0.789. The Labute approximate surface area is 104 Å². The standard InChI is InChI=1S/C14H23NS/c1-11-5-6-13(9-12(11)2)16-8-7-14(3,4)10-15/h5-6,9H,7-8,10,15H2,1-4H3. The molecule has 0 atom stereocenters. The summed E-state index contributed by atoms with van der Waals surface area (Å²) in [5, 5.41) is 0. The lowest BCUT2D eigenvalue weighted by atomic mass is 9.91. The van der Waals surface area contributed by atoms with Crippen LogP contribution in [0, 0.1) is 19.3 Å². The third-order valence-electron chi connectivity index (χ3n) is 3.08. The summed E-state index contributed by atoms with van der Waals surface area (Å²) < 4.78 is 0. The summed E-state index contributed by atoms with van der Waals surface area (Å²) in [6.07, 6.45) is 1.17. The first kappa shape index (κ1) is 13.6. The summed E-state index contributed by atoms with van der Waals surface area (Å²) in [6, 6.07) is 6.68. The Hall–Kier alpha value is -0.470. The fourth-order valence-electron chi connectivity index (χ4n) is 1.35. The van der Waals surface area contributed by atoms with E-state index in [1.165, 1.54) is 22.4 Å². The molecule has 0 aliphatic heterocycles. The molecule has 0 saturated heterocycles. The summed E-state index contributed by atoms with van der Waals surface area (Å²) in [7, 11) is 0. The first-order chi connectivity index (χ1) is 7.44. The molecule has 2 N–H and O–H groups in total. The highest BCUT2D eigenvalue weighted by atomic mass is 32.2. The Morgan fingerprint density at radius 3 is 2.44 bits per heavy atom. The van der Waals surface area contributed by atoms with Gasteiger partial charge in [0.2, 0.25) is 0 Å². The molecule has 0 aliphatic rings. The number of aryl methyl sites for hydroxylation is 2. The summed E-state index contributed by atoms with van der Waals surface area (Å²) >= 11 is 1.93. The van der Waals surface area contributed by atoms with E-state index in [2.05, 4.69) is 45.9 Å². The van der Waals surface area contributed by atoms with Crippen LogP contribution in [-0.2, 0) is 0 Å². The van der Waals surface area contributed by atoms with Gasteiger partial charge in [-0.25, -0.2) is 0 Å². The van der Waals surface area contributed by atoms with Crippen molar-refractivity contribution in [3.63, 3.8) is 0 Å². The molecule has 0 heterocycles. The number of nitrogens with two attached hydrogens (primary N) is 1. The zero-order valence-corrected chi connectivity index (χ0v) is 11.7. The fourth-order valence-corrected chi connectivity index (χ4v) is 2.67. The highest BCUT2D eigenvalue weighted by molar-refractivity contribution is 7.99. The van der Waals surface area contributed by atoms with Gasteiger partial charge in [0.25, 0.3) is 0 Å². The van der Waals surface area contributed by atoms with Crippen LogP contribution in [0.2, 0.25) is 0 Å². The van der Waals surface area contributed by atoms with Crippen molar-refractivity contribution >= 4 is 11.8 Å². The molecule has 1 aromatic carbocycles. The molecule has 1 nitrogen and oxygen atoms in total. The monoisotopic (exact) mass is 237 g/mol. The van der Waals surface area contributed by atoms with Gasteiger partial charge in [-0.3, -0.25) is 0 Å². The first-order valence-electron chi connectivity index (χ1n) is 5.85. The zero-order valence-electron chi connectivity index (χ0n) is 10.8. The first-order valence-corrected chi connectivity index (χ1v) is 6.83. The molecule has 0 saturated carbocycles. The molecule has 0 fully saturated rings. The van der Waals surface area contributed by atoms with Crippen LogP contribution in [0.15, 0.2) is 23.1 Å². The van der Waals surface area contributed by atoms with Crippen molar-refractivity contribution in [1.29, 1.82) is 0 Å². The molecule has 1 aromatic rings. The molecule has 0 aromatic heterocycles. The molecule has 1 rings (SSSR count). The lowest BCUT2D eigenvalue weighted by Crippen LogP contribution is -2.23. The Balaban J connectivity index is 2.46. The van der Waals surface area contributed by atoms with E-state index >= 15 is 0 Å². The maximum Gasteiger partial charge on any atom is 0.00747 e. The molecule has 0 radical (unpaired) electrons. The molecular formula is C14H23NS. The van der Waals surface area contributed by atoms with E-state index in [1.807, 2.05) is 11.8 Å². The van der Waals surface area contributed by atoms with Crippen molar-refractivity contribution in [2.75, 3.05) is 12.3 Å². The van der Waals surface area contributed by atoms with Crippen molar-refractivity contribution in [1.82, 2.24) is 0 Å². The van der Waals surface area contributed by atoms with E-state index in [0.29, 0.717) is 0 Å². The largest absolute Gasteiger partial charge is 0.330 e. The molecule has 0 spiro atoms. The van der Waals surface area contributed by atoms with Gasteiger partial charge in [0.15, 0.2) is 0 Å². The van der Waals surface area contributed by atoms with Crippen LogP contribution in [0.5, 0.6) is 0 Å². The molecule has 2 heteroatoms. The van der Waals surface area contributed by atoms with Gasteiger partial charge >= 0.3 is 0 Å². The SMILES string of the molecule is Cc1ccc(SCCC(C)(C)CN)cc1C. The summed E-state index contributed by atoms with van der Waals surface area (Å²) in [5.41, 5.74) is 8.74. The van der Waals surface area contributed by atoms with E-state index in [-0.39, 0.29) is 5.41 Å². The Bertz CT molecular complexity index is 345. The minimum Gasteiger partial charge on any atom is -0.330 e. The number of hydrogen-bond donors (Lipinski definition) is 1. The van der Waals surface area contributed by atoms with Gasteiger partial charge in [-0.1, -0.05) is 19.9 Å². The van der Waals surface area contributed by atoms with Gasteiger partial charge in [0.1, 0.15) is 0 Å². The second-order valence-corrected chi connectivity index (χ2v) is 6.38. The molecular weight excluding hydrogens is 214 g/mol. The topological polar surface area (TPSA) is 26.0 Å². The van der Waals surface area contributed by atoms with Crippen molar-refractivity contribution in [2.24, 2.45) is 11.1 Å². The third kappa shape index (κ3) is 4.18. The predicted molar refractivity (Wildman–Crippen MR) is 74.1 cm³/mol. The molecule has 0 bridgehead atoms. The van der Waals surface area contributed by atoms with E-state index in [0.717, 1.165) is 12.3 Å².